The van der Waals surface area contributed by atoms with Gasteiger partial charge in [-0.2, -0.15) is 0 Å². The van der Waals surface area contributed by atoms with Crippen LogP contribution in [0.3, 0.4) is 0 Å². The molecular weight excluding hydrogens is 272 g/mol. The van der Waals surface area contributed by atoms with Crippen molar-refractivity contribution in [2.24, 2.45) is 11.8 Å². The van der Waals surface area contributed by atoms with E-state index in [0.29, 0.717) is 32.4 Å². The van der Waals surface area contributed by atoms with E-state index in [4.69, 9.17) is 5.11 Å². The number of likely N-dealkylation sites (N-methyl/N-ethyl adjacent to an activating group) is 2. The van der Waals surface area contributed by atoms with Crippen molar-refractivity contribution in [2.45, 2.75) is 39.5 Å². The van der Waals surface area contributed by atoms with Crippen LogP contribution in [0.5, 0.6) is 0 Å². The third-order valence-electron chi connectivity index (χ3n) is 4.24. The highest BCUT2D eigenvalue weighted by atomic mass is 16.4. The first-order chi connectivity index (χ1) is 9.90. The lowest BCUT2D eigenvalue weighted by Gasteiger charge is -2.30. The third-order valence-corrected chi connectivity index (χ3v) is 4.24. The Kier molecular flexibility index (Phi) is 6.65. The molecule has 2 atom stereocenters. The number of carbonyl (C=O) groups excluding carboxylic acids is 2. The van der Waals surface area contributed by atoms with E-state index < -0.39 is 11.9 Å². The molecule has 6 nitrogen and oxygen atoms in total. The standard InChI is InChI=1S/C15H26N2O4/c1-4-17(5-2)13(18)10-16(3)14(19)11-7-6-8-12(9-11)15(20)21/h11-12H,4-10H2,1-3H3,(H,20,21). The summed E-state index contributed by atoms with van der Waals surface area (Å²) in [6.45, 7) is 5.13. The van der Waals surface area contributed by atoms with E-state index in [2.05, 4.69) is 0 Å². The van der Waals surface area contributed by atoms with Crippen LogP contribution in [0.4, 0.5) is 0 Å². The number of hydrogen-bond acceptors (Lipinski definition) is 3. The lowest BCUT2D eigenvalue weighted by atomic mass is 9.81. The molecule has 0 aromatic carbocycles. The number of carbonyl (C=O) groups is 3. The molecule has 6 heteroatoms. The number of nitrogens with zero attached hydrogens (tertiary/aromatic N) is 2. The van der Waals surface area contributed by atoms with Gasteiger partial charge >= 0.3 is 5.97 Å². The molecule has 21 heavy (non-hydrogen) atoms. The number of hydrogen-bond donors (Lipinski definition) is 1. The van der Waals surface area contributed by atoms with Gasteiger partial charge in [0, 0.05) is 26.1 Å². The van der Waals surface area contributed by atoms with Gasteiger partial charge in [-0.15, -0.1) is 0 Å². The predicted molar refractivity (Wildman–Crippen MR) is 78.6 cm³/mol. The highest BCUT2D eigenvalue weighted by molar-refractivity contribution is 5.86. The molecule has 120 valence electrons. The highest BCUT2D eigenvalue weighted by Crippen LogP contribution is 2.30. The van der Waals surface area contributed by atoms with Gasteiger partial charge in [0.05, 0.1) is 12.5 Å². The summed E-state index contributed by atoms with van der Waals surface area (Å²) in [6.07, 6.45) is 2.50. The Morgan fingerprint density at radius 1 is 1.10 bits per heavy atom. The van der Waals surface area contributed by atoms with Crippen molar-refractivity contribution in [1.82, 2.24) is 9.80 Å². The smallest absolute Gasteiger partial charge is 0.306 e. The fourth-order valence-electron chi connectivity index (χ4n) is 2.91. The van der Waals surface area contributed by atoms with E-state index in [-0.39, 0.29) is 24.3 Å². The SMILES string of the molecule is CCN(CC)C(=O)CN(C)C(=O)C1CCCC(C(=O)O)C1. The molecule has 2 unspecified atom stereocenters. The summed E-state index contributed by atoms with van der Waals surface area (Å²) < 4.78 is 0. The summed E-state index contributed by atoms with van der Waals surface area (Å²) in [5.41, 5.74) is 0. The van der Waals surface area contributed by atoms with Gasteiger partial charge in [0.15, 0.2) is 0 Å². The van der Waals surface area contributed by atoms with E-state index in [0.717, 1.165) is 6.42 Å². The van der Waals surface area contributed by atoms with Gasteiger partial charge in [-0.3, -0.25) is 14.4 Å². The molecule has 1 fully saturated rings. The fraction of sp³-hybridized carbons (Fsp3) is 0.800. The first-order valence-electron chi connectivity index (χ1n) is 7.66. The van der Waals surface area contributed by atoms with Crippen molar-refractivity contribution >= 4 is 17.8 Å². The zero-order chi connectivity index (χ0) is 16.0. The number of rotatable bonds is 6. The maximum absolute atomic E-state index is 12.4. The van der Waals surface area contributed by atoms with Gasteiger partial charge in [0.2, 0.25) is 11.8 Å². The lowest BCUT2D eigenvalue weighted by Crippen LogP contribution is -2.44. The Labute approximate surface area is 126 Å². The van der Waals surface area contributed by atoms with Crippen LogP contribution < -0.4 is 0 Å². The molecule has 1 N–H and O–H groups in total. The minimum atomic E-state index is -0.825. The second-order valence-corrected chi connectivity index (χ2v) is 5.66. The number of carboxylic acids is 1. The number of carboxylic acid groups (broad SMARTS) is 1. The molecule has 0 spiro atoms. The van der Waals surface area contributed by atoms with Crippen LogP contribution in [-0.2, 0) is 14.4 Å². The van der Waals surface area contributed by atoms with Crippen LogP contribution >= 0.6 is 0 Å². The normalized spacial score (nSPS) is 21.7. The summed E-state index contributed by atoms with van der Waals surface area (Å²) in [7, 11) is 1.62. The maximum atomic E-state index is 12.4. The molecular formula is C15H26N2O4. The molecule has 0 bridgehead atoms. The molecule has 0 aromatic rings. The second-order valence-electron chi connectivity index (χ2n) is 5.66. The molecule has 1 aliphatic rings. The molecule has 2 amide bonds. The number of aliphatic carboxylic acids is 1. The Balaban J connectivity index is 2.57. The van der Waals surface area contributed by atoms with Crippen LogP contribution in [-0.4, -0.2) is 59.4 Å². The summed E-state index contributed by atoms with van der Waals surface area (Å²) in [5, 5.41) is 9.07. The Morgan fingerprint density at radius 3 is 2.19 bits per heavy atom. The largest absolute Gasteiger partial charge is 0.481 e. The molecule has 0 aromatic heterocycles. The first-order valence-corrected chi connectivity index (χ1v) is 7.66. The Bertz CT molecular complexity index is 393. The zero-order valence-electron chi connectivity index (χ0n) is 13.2. The molecule has 1 rings (SSSR count). The van der Waals surface area contributed by atoms with Crippen molar-refractivity contribution in [1.29, 1.82) is 0 Å². The van der Waals surface area contributed by atoms with Gasteiger partial charge < -0.3 is 14.9 Å². The first kappa shape index (κ1) is 17.5. The molecule has 0 radical (unpaired) electrons. The average molecular weight is 298 g/mol. The van der Waals surface area contributed by atoms with Crippen molar-refractivity contribution < 1.29 is 19.5 Å². The highest BCUT2D eigenvalue weighted by Gasteiger charge is 2.33. The van der Waals surface area contributed by atoms with Gasteiger partial charge in [0.25, 0.3) is 0 Å². The molecule has 1 saturated carbocycles. The minimum absolute atomic E-state index is 0.0642. The molecule has 1 aliphatic carbocycles. The average Bonchev–Trinajstić information content (AvgIpc) is 2.47. The van der Waals surface area contributed by atoms with Crippen LogP contribution in [0.1, 0.15) is 39.5 Å². The van der Waals surface area contributed by atoms with Gasteiger partial charge in [0.1, 0.15) is 0 Å². The van der Waals surface area contributed by atoms with E-state index in [1.165, 1.54) is 4.90 Å². The van der Waals surface area contributed by atoms with Crippen LogP contribution in [0.15, 0.2) is 0 Å². The van der Waals surface area contributed by atoms with E-state index in [1.807, 2.05) is 13.8 Å². The Morgan fingerprint density at radius 2 is 1.67 bits per heavy atom. The van der Waals surface area contributed by atoms with Crippen molar-refractivity contribution in [2.75, 3.05) is 26.7 Å². The van der Waals surface area contributed by atoms with Gasteiger partial charge in [-0.05, 0) is 33.1 Å². The van der Waals surface area contributed by atoms with Crippen LogP contribution in [0.25, 0.3) is 0 Å². The van der Waals surface area contributed by atoms with Crippen LogP contribution in [0, 0.1) is 11.8 Å². The molecule has 0 aliphatic heterocycles. The zero-order valence-corrected chi connectivity index (χ0v) is 13.2. The van der Waals surface area contributed by atoms with Crippen LogP contribution in [0.2, 0.25) is 0 Å². The van der Waals surface area contributed by atoms with E-state index in [9.17, 15) is 14.4 Å². The van der Waals surface area contributed by atoms with E-state index >= 15 is 0 Å². The topological polar surface area (TPSA) is 77.9 Å². The second kappa shape index (κ2) is 8.00. The minimum Gasteiger partial charge on any atom is -0.481 e. The maximum Gasteiger partial charge on any atom is 0.306 e. The predicted octanol–water partition coefficient (Wildman–Crippen LogP) is 1.20. The summed E-state index contributed by atoms with van der Waals surface area (Å²) in [4.78, 5) is 38.6. The Hall–Kier alpha value is -1.59. The lowest BCUT2D eigenvalue weighted by molar-refractivity contribution is -0.147. The van der Waals surface area contributed by atoms with Crippen molar-refractivity contribution in [3.63, 3.8) is 0 Å². The summed E-state index contributed by atoms with van der Waals surface area (Å²) >= 11 is 0. The third kappa shape index (κ3) is 4.72. The van der Waals surface area contributed by atoms with E-state index in [1.54, 1.807) is 11.9 Å². The fourth-order valence-corrected chi connectivity index (χ4v) is 2.91. The van der Waals surface area contributed by atoms with Crippen molar-refractivity contribution in [3.8, 4) is 0 Å². The molecule has 0 saturated heterocycles. The summed E-state index contributed by atoms with van der Waals surface area (Å²) in [6, 6.07) is 0. The van der Waals surface area contributed by atoms with Gasteiger partial charge in [-0.1, -0.05) is 6.42 Å². The number of amides is 2. The molecule has 0 heterocycles. The summed E-state index contributed by atoms with van der Waals surface area (Å²) in [5.74, 6) is -1.70. The van der Waals surface area contributed by atoms with Gasteiger partial charge in [-0.25, -0.2) is 0 Å². The van der Waals surface area contributed by atoms with Crippen molar-refractivity contribution in [3.05, 3.63) is 0 Å². The monoisotopic (exact) mass is 298 g/mol. The quantitative estimate of drug-likeness (QED) is 0.799.